The van der Waals surface area contributed by atoms with Gasteiger partial charge in [-0.15, -0.1) is 0 Å². The number of likely N-dealkylation sites (tertiary alicyclic amines) is 1. The zero-order valence-corrected chi connectivity index (χ0v) is 16.1. The lowest BCUT2D eigenvalue weighted by Gasteiger charge is -2.32. The zero-order valence-electron chi connectivity index (χ0n) is 15.2. The number of nitrogens with one attached hydrogen (secondary N) is 1. The monoisotopic (exact) mass is 392 g/mol. The number of carbonyl (C=O) groups excluding carboxylic acids is 1. The maximum Gasteiger partial charge on any atom is 0.248 e. The van der Waals surface area contributed by atoms with Crippen molar-refractivity contribution in [3.63, 3.8) is 0 Å². The number of rotatable bonds is 7. The van der Waals surface area contributed by atoms with Gasteiger partial charge in [-0.25, -0.2) is 13.1 Å². The molecule has 1 aliphatic rings. The van der Waals surface area contributed by atoms with E-state index in [-0.39, 0.29) is 24.3 Å². The zero-order chi connectivity index (χ0) is 19.3. The molecule has 1 aromatic heterocycles. The number of benzene rings is 1. The van der Waals surface area contributed by atoms with Crippen LogP contribution in [-0.4, -0.2) is 55.8 Å². The van der Waals surface area contributed by atoms with Gasteiger partial charge in [0.1, 0.15) is 12.4 Å². The Kier molecular flexibility index (Phi) is 6.12. The van der Waals surface area contributed by atoms with E-state index in [2.05, 4.69) is 9.82 Å². The molecule has 1 aliphatic heterocycles. The van der Waals surface area contributed by atoms with Crippen molar-refractivity contribution >= 4 is 21.7 Å². The van der Waals surface area contributed by atoms with Gasteiger partial charge in [0.05, 0.1) is 18.0 Å². The standard InChI is InChI=1S/C18H24N4O4S/c1-26-13-18(23)21-11-8-16(9-12-21)22-17(7-10-19-22)20-27(24,25)14-15-5-3-2-4-6-15/h2-7,10,16,20H,8-9,11-14H2,1H3. The lowest BCUT2D eigenvalue weighted by molar-refractivity contribution is -0.136. The van der Waals surface area contributed by atoms with Crippen LogP contribution < -0.4 is 4.72 Å². The molecular formula is C18H24N4O4S. The van der Waals surface area contributed by atoms with Crippen molar-refractivity contribution < 1.29 is 17.9 Å². The number of ether oxygens (including phenoxy) is 1. The Labute approximate surface area is 159 Å². The summed E-state index contributed by atoms with van der Waals surface area (Å²) in [6.45, 7) is 1.28. The third kappa shape index (κ3) is 5.08. The van der Waals surface area contributed by atoms with E-state index >= 15 is 0 Å². The Morgan fingerprint density at radius 2 is 1.93 bits per heavy atom. The number of sulfonamides is 1. The summed E-state index contributed by atoms with van der Waals surface area (Å²) in [5.74, 6) is 0.330. The quantitative estimate of drug-likeness (QED) is 0.773. The van der Waals surface area contributed by atoms with Crippen LogP contribution in [0.3, 0.4) is 0 Å². The average molecular weight is 392 g/mol. The van der Waals surface area contributed by atoms with E-state index in [9.17, 15) is 13.2 Å². The number of nitrogens with zero attached hydrogens (tertiary/aromatic N) is 3. The number of piperidine rings is 1. The first-order valence-corrected chi connectivity index (χ1v) is 10.5. The molecule has 0 spiro atoms. The molecule has 3 rings (SSSR count). The molecule has 2 aromatic rings. The van der Waals surface area contributed by atoms with Crippen LogP contribution in [0.5, 0.6) is 0 Å². The van der Waals surface area contributed by atoms with Crippen molar-refractivity contribution in [2.75, 3.05) is 31.5 Å². The third-order valence-corrected chi connectivity index (χ3v) is 5.79. The highest BCUT2D eigenvalue weighted by molar-refractivity contribution is 7.91. The van der Waals surface area contributed by atoms with Gasteiger partial charge in [0.15, 0.2) is 0 Å². The average Bonchev–Trinajstić information content (AvgIpc) is 3.09. The molecule has 8 nitrogen and oxygen atoms in total. The fraction of sp³-hybridized carbons (Fsp3) is 0.444. The van der Waals surface area contributed by atoms with Crippen molar-refractivity contribution in [3.05, 3.63) is 48.2 Å². The molecular weight excluding hydrogens is 368 g/mol. The van der Waals surface area contributed by atoms with Crippen LogP contribution in [0.15, 0.2) is 42.6 Å². The molecule has 0 atom stereocenters. The molecule has 0 unspecified atom stereocenters. The van der Waals surface area contributed by atoms with Gasteiger partial charge < -0.3 is 9.64 Å². The van der Waals surface area contributed by atoms with E-state index in [1.165, 1.54) is 7.11 Å². The molecule has 27 heavy (non-hydrogen) atoms. The Bertz CT molecular complexity index is 858. The summed E-state index contributed by atoms with van der Waals surface area (Å²) in [7, 11) is -2.04. The van der Waals surface area contributed by atoms with E-state index in [1.807, 2.05) is 18.2 Å². The lowest BCUT2D eigenvalue weighted by Crippen LogP contribution is -2.41. The van der Waals surface area contributed by atoms with Gasteiger partial charge in [-0.3, -0.25) is 9.52 Å². The first-order valence-electron chi connectivity index (χ1n) is 8.83. The second kappa shape index (κ2) is 8.53. The normalized spacial score (nSPS) is 15.7. The van der Waals surface area contributed by atoms with E-state index < -0.39 is 10.0 Å². The first kappa shape index (κ1) is 19.4. The molecule has 0 radical (unpaired) electrons. The van der Waals surface area contributed by atoms with Crippen LogP contribution in [0.25, 0.3) is 0 Å². The number of amides is 1. The number of carbonyl (C=O) groups is 1. The predicted molar refractivity (Wildman–Crippen MR) is 102 cm³/mol. The van der Waals surface area contributed by atoms with Crippen LogP contribution in [0.4, 0.5) is 5.82 Å². The Morgan fingerprint density at radius 1 is 1.22 bits per heavy atom. The molecule has 146 valence electrons. The third-order valence-electron chi connectivity index (χ3n) is 4.56. The summed E-state index contributed by atoms with van der Waals surface area (Å²) in [5.41, 5.74) is 0.723. The largest absolute Gasteiger partial charge is 0.375 e. The number of hydrogen-bond acceptors (Lipinski definition) is 5. The fourth-order valence-corrected chi connectivity index (χ4v) is 4.43. The highest BCUT2D eigenvalue weighted by Crippen LogP contribution is 2.26. The van der Waals surface area contributed by atoms with Crippen LogP contribution in [0.2, 0.25) is 0 Å². The second-order valence-electron chi connectivity index (χ2n) is 6.55. The molecule has 0 aliphatic carbocycles. The van der Waals surface area contributed by atoms with E-state index in [0.717, 1.165) is 5.56 Å². The minimum Gasteiger partial charge on any atom is -0.375 e. The maximum atomic E-state index is 12.5. The van der Waals surface area contributed by atoms with Crippen LogP contribution in [-0.2, 0) is 25.3 Å². The van der Waals surface area contributed by atoms with Gasteiger partial charge in [-0.05, 0) is 18.4 Å². The molecule has 0 bridgehead atoms. The molecule has 0 saturated carbocycles. The molecule has 1 amide bonds. The Hall–Kier alpha value is -2.39. The Morgan fingerprint density at radius 3 is 2.59 bits per heavy atom. The van der Waals surface area contributed by atoms with Crippen molar-refractivity contribution in [1.29, 1.82) is 0 Å². The van der Waals surface area contributed by atoms with Gasteiger partial charge in [-0.2, -0.15) is 5.10 Å². The van der Waals surface area contributed by atoms with Crippen LogP contribution in [0.1, 0.15) is 24.4 Å². The molecule has 9 heteroatoms. The van der Waals surface area contributed by atoms with Crippen LogP contribution >= 0.6 is 0 Å². The van der Waals surface area contributed by atoms with Gasteiger partial charge in [-0.1, -0.05) is 30.3 Å². The van der Waals surface area contributed by atoms with Gasteiger partial charge in [0, 0.05) is 26.3 Å². The van der Waals surface area contributed by atoms with Crippen molar-refractivity contribution in [3.8, 4) is 0 Å². The molecule has 1 saturated heterocycles. The summed E-state index contributed by atoms with van der Waals surface area (Å²) in [5, 5.41) is 4.30. The highest BCUT2D eigenvalue weighted by Gasteiger charge is 2.26. The first-order chi connectivity index (χ1) is 13.0. The molecule has 2 heterocycles. The smallest absolute Gasteiger partial charge is 0.248 e. The second-order valence-corrected chi connectivity index (χ2v) is 8.28. The highest BCUT2D eigenvalue weighted by atomic mass is 32.2. The topological polar surface area (TPSA) is 93.5 Å². The minimum absolute atomic E-state index is 0.0276. The Balaban J connectivity index is 1.64. The fourth-order valence-electron chi connectivity index (χ4n) is 3.25. The predicted octanol–water partition coefficient (Wildman–Crippen LogP) is 1.63. The summed E-state index contributed by atoms with van der Waals surface area (Å²) in [6, 6.07) is 10.7. The van der Waals surface area contributed by atoms with E-state index in [4.69, 9.17) is 4.74 Å². The minimum atomic E-state index is -3.54. The summed E-state index contributed by atoms with van der Waals surface area (Å²) in [6.07, 6.45) is 3.01. The van der Waals surface area contributed by atoms with Gasteiger partial charge >= 0.3 is 0 Å². The van der Waals surface area contributed by atoms with Gasteiger partial charge in [0.2, 0.25) is 15.9 Å². The summed E-state index contributed by atoms with van der Waals surface area (Å²) < 4.78 is 34.2. The lowest BCUT2D eigenvalue weighted by atomic mass is 10.1. The van der Waals surface area contributed by atoms with Crippen molar-refractivity contribution in [2.24, 2.45) is 0 Å². The van der Waals surface area contributed by atoms with E-state index in [0.29, 0.717) is 31.7 Å². The SMILES string of the molecule is COCC(=O)N1CCC(n2nccc2NS(=O)(=O)Cc2ccccc2)CC1. The van der Waals surface area contributed by atoms with Crippen LogP contribution in [0, 0.1) is 0 Å². The summed E-state index contributed by atoms with van der Waals surface area (Å²) >= 11 is 0. The number of methoxy groups -OCH3 is 1. The molecule has 1 fully saturated rings. The maximum absolute atomic E-state index is 12.5. The summed E-state index contributed by atoms with van der Waals surface area (Å²) in [4.78, 5) is 13.7. The number of aromatic nitrogens is 2. The molecule has 1 N–H and O–H groups in total. The van der Waals surface area contributed by atoms with Gasteiger partial charge in [0.25, 0.3) is 0 Å². The number of hydrogen-bond donors (Lipinski definition) is 1. The van der Waals surface area contributed by atoms with Crippen molar-refractivity contribution in [1.82, 2.24) is 14.7 Å². The van der Waals surface area contributed by atoms with Crippen molar-refractivity contribution in [2.45, 2.75) is 24.6 Å². The van der Waals surface area contributed by atoms with E-state index in [1.54, 1.807) is 34.0 Å². The number of anilines is 1. The molecule has 1 aromatic carbocycles.